The Labute approximate surface area is 209 Å². The van der Waals surface area contributed by atoms with Gasteiger partial charge in [0.05, 0.1) is 0 Å². The van der Waals surface area contributed by atoms with Crippen LogP contribution in [-0.4, -0.2) is 34.4 Å². The third-order valence-corrected chi connectivity index (χ3v) is 5.66. The minimum absolute atomic E-state index is 0.675. The fraction of sp³-hybridized carbons (Fsp3) is 0.133. The van der Waals surface area contributed by atoms with Crippen molar-refractivity contribution in [3.05, 3.63) is 144 Å². The number of hydrogen-bond acceptors (Lipinski definition) is 6. The zero-order chi connectivity index (χ0) is 25.3. The van der Waals surface area contributed by atoms with Crippen LogP contribution < -0.4 is 0 Å². The van der Waals surface area contributed by atoms with Crippen LogP contribution in [0.15, 0.2) is 121 Å². The molecule has 0 fully saturated rings. The van der Waals surface area contributed by atoms with Crippen molar-refractivity contribution in [3.63, 3.8) is 0 Å². The lowest BCUT2D eigenvalue weighted by Gasteiger charge is -2.24. The second-order valence-electron chi connectivity index (χ2n) is 8.17. The molecule has 2 N–H and O–H groups in total. The summed E-state index contributed by atoms with van der Waals surface area (Å²) >= 11 is 0. The lowest BCUT2D eigenvalue weighted by atomic mass is 10.0. The highest BCUT2D eigenvalue weighted by atomic mass is 16.6. The van der Waals surface area contributed by atoms with Gasteiger partial charge in [-0.25, -0.2) is 9.59 Å². The fourth-order valence-electron chi connectivity index (χ4n) is 3.80. The number of esters is 2. The van der Waals surface area contributed by atoms with E-state index >= 15 is 0 Å². The molecule has 0 aliphatic rings. The van der Waals surface area contributed by atoms with E-state index in [9.17, 15) is 19.8 Å². The molecule has 0 saturated heterocycles. The van der Waals surface area contributed by atoms with Crippen LogP contribution in [0.1, 0.15) is 34.5 Å². The molecule has 0 amide bonds. The molecule has 0 aromatic heterocycles. The summed E-state index contributed by atoms with van der Waals surface area (Å²) in [6.45, 7) is 0. The van der Waals surface area contributed by atoms with Gasteiger partial charge in [-0.15, -0.1) is 0 Å². The Morgan fingerprint density at radius 3 is 0.889 bits per heavy atom. The van der Waals surface area contributed by atoms with Crippen LogP contribution >= 0.6 is 0 Å². The van der Waals surface area contributed by atoms with Crippen LogP contribution in [-0.2, 0) is 19.1 Å². The Hall–Kier alpha value is -4.26. The molecule has 36 heavy (non-hydrogen) atoms. The summed E-state index contributed by atoms with van der Waals surface area (Å²) in [7, 11) is 0. The maximum atomic E-state index is 12.8. The summed E-state index contributed by atoms with van der Waals surface area (Å²) in [5, 5.41) is 21.1. The number of carbonyl (C=O) groups is 2. The molecule has 182 valence electrons. The van der Waals surface area contributed by atoms with Gasteiger partial charge < -0.3 is 19.7 Å². The molecular weight excluding hydrogens is 456 g/mol. The van der Waals surface area contributed by atoms with Gasteiger partial charge in [0.15, 0.2) is 24.4 Å². The molecule has 6 nitrogen and oxygen atoms in total. The summed E-state index contributed by atoms with van der Waals surface area (Å²) in [6, 6.07) is 36.0. The van der Waals surface area contributed by atoms with Crippen molar-refractivity contribution in [1.29, 1.82) is 0 Å². The normalized spacial score (nSPS) is 12.7. The van der Waals surface area contributed by atoms with Crippen molar-refractivity contribution in [3.8, 4) is 0 Å². The van der Waals surface area contributed by atoms with E-state index in [-0.39, 0.29) is 0 Å². The van der Waals surface area contributed by atoms with Gasteiger partial charge in [0, 0.05) is 0 Å². The molecule has 0 heterocycles. The number of carbonyl (C=O) groups excluding carboxylic acids is 2. The number of hydrogen-bond donors (Lipinski definition) is 2. The van der Waals surface area contributed by atoms with Gasteiger partial charge in [0.1, 0.15) is 0 Å². The van der Waals surface area contributed by atoms with Crippen LogP contribution in [0, 0.1) is 0 Å². The highest BCUT2D eigenvalue weighted by molar-refractivity contribution is 5.85. The monoisotopic (exact) mass is 482 g/mol. The summed E-state index contributed by atoms with van der Waals surface area (Å²) in [4.78, 5) is 25.7. The van der Waals surface area contributed by atoms with Gasteiger partial charge in [-0.3, -0.25) is 0 Å². The van der Waals surface area contributed by atoms with E-state index in [2.05, 4.69) is 0 Å². The summed E-state index contributed by atoms with van der Waals surface area (Å²) in [5.74, 6) is -2.29. The number of benzene rings is 4. The average Bonchev–Trinajstić information content (AvgIpc) is 2.95. The second kappa shape index (κ2) is 11.9. The zero-order valence-electron chi connectivity index (χ0n) is 19.4. The number of aliphatic hydroxyl groups is 2. The minimum Gasteiger partial charge on any atom is -0.451 e. The van der Waals surface area contributed by atoms with Crippen molar-refractivity contribution >= 4 is 11.9 Å². The smallest absolute Gasteiger partial charge is 0.339 e. The first-order valence-corrected chi connectivity index (χ1v) is 11.5. The van der Waals surface area contributed by atoms with Gasteiger partial charge >= 0.3 is 11.9 Å². The predicted octanol–water partition coefficient (Wildman–Crippen LogP) is 4.37. The quantitative estimate of drug-likeness (QED) is 0.344. The number of ether oxygens (including phenoxy) is 2. The van der Waals surface area contributed by atoms with Crippen LogP contribution in [0.4, 0.5) is 0 Å². The van der Waals surface area contributed by atoms with Gasteiger partial charge in [0.2, 0.25) is 0 Å². The molecule has 0 bridgehead atoms. The Morgan fingerprint density at radius 1 is 0.444 bits per heavy atom. The SMILES string of the molecule is O=C(OC(c1ccccc1)c1ccccc1)C(O)C(O)C(=O)OC(c1ccccc1)c1ccccc1. The van der Waals surface area contributed by atoms with E-state index in [0.29, 0.717) is 22.3 Å². The largest absolute Gasteiger partial charge is 0.451 e. The lowest BCUT2D eigenvalue weighted by molar-refractivity contribution is -0.177. The second-order valence-corrected chi connectivity index (χ2v) is 8.17. The Bertz CT molecular complexity index is 1070. The average molecular weight is 483 g/mol. The van der Waals surface area contributed by atoms with Crippen molar-refractivity contribution < 1.29 is 29.3 Å². The maximum Gasteiger partial charge on any atom is 0.339 e. The minimum atomic E-state index is -2.14. The number of rotatable bonds is 9. The molecule has 6 heteroatoms. The standard InChI is InChI=1S/C30H26O6/c31-25(29(33)35-27(21-13-5-1-6-14-21)22-15-7-2-8-16-22)26(32)30(34)36-28(23-17-9-3-10-18-23)24-19-11-4-12-20-24/h1-20,25-28,31-32H. The molecule has 4 aromatic rings. The van der Waals surface area contributed by atoms with Gasteiger partial charge in [-0.05, 0) is 22.3 Å². The third-order valence-electron chi connectivity index (χ3n) is 5.66. The summed E-state index contributed by atoms with van der Waals surface area (Å²) < 4.78 is 11.1. The highest BCUT2D eigenvalue weighted by Crippen LogP contribution is 2.28. The van der Waals surface area contributed by atoms with E-state index < -0.39 is 36.4 Å². The van der Waals surface area contributed by atoms with E-state index in [1.807, 2.05) is 24.3 Å². The van der Waals surface area contributed by atoms with Gasteiger partial charge in [-0.2, -0.15) is 0 Å². The van der Waals surface area contributed by atoms with E-state index in [4.69, 9.17) is 9.47 Å². The number of aliphatic hydroxyl groups excluding tert-OH is 2. The predicted molar refractivity (Wildman–Crippen MR) is 134 cm³/mol. The van der Waals surface area contributed by atoms with Crippen molar-refractivity contribution in [1.82, 2.24) is 0 Å². The molecule has 0 spiro atoms. The Morgan fingerprint density at radius 2 is 0.667 bits per heavy atom. The lowest BCUT2D eigenvalue weighted by Crippen LogP contribution is -2.42. The van der Waals surface area contributed by atoms with Crippen LogP contribution in [0.3, 0.4) is 0 Å². The molecule has 0 saturated carbocycles. The highest BCUT2D eigenvalue weighted by Gasteiger charge is 2.36. The molecule has 0 aliphatic carbocycles. The molecule has 4 aromatic carbocycles. The molecule has 0 radical (unpaired) electrons. The summed E-state index contributed by atoms with van der Waals surface area (Å²) in [5.41, 5.74) is 2.70. The first kappa shape index (κ1) is 24.9. The Kier molecular flexibility index (Phi) is 8.24. The van der Waals surface area contributed by atoms with E-state index in [1.165, 1.54) is 0 Å². The Balaban J connectivity index is 1.50. The molecule has 2 unspecified atom stereocenters. The van der Waals surface area contributed by atoms with Crippen molar-refractivity contribution in [2.45, 2.75) is 24.4 Å². The topological polar surface area (TPSA) is 93.1 Å². The zero-order valence-corrected chi connectivity index (χ0v) is 19.4. The van der Waals surface area contributed by atoms with Gasteiger partial charge in [0.25, 0.3) is 0 Å². The molecular formula is C30H26O6. The van der Waals surface area contributed by atoms with Gasteiger partial charge in [-0.1, -0.05) is 121 Å². The maximum absolute atomic E-state index is 12.8. The third kappa shape index (κ3) is 6.05. The van der Waals surface area contributed by atoms with Crippen LogP contribution in [0.2, 0.25) is 0 Å². The van der Waals surface area contributed by atoms with Crippen LogP contribution in [0.25, 0.3) is 0 Å². The first-order chi connectivity index (χ1) is 17.5. The summed E-state index contributed by atoms with van der Waals surface area (Å²) in [6.07, 6.45) is -5.95. The molecule has 0 aliphatic heterocycles. The van der Waals surface area contributed by atoms with Crippen molar-refractivity contribution in [2.24, 2.45) is 0 Å². The first-order valence-electron chi connectivity index (χ1n) is 11.5. The van der Waals surface area contributed by atoms with Crippen molar-refractivity contribution in [2.75, 3.05) is 0 Å². The van der Waals surface area contributed by atoms with E-state index in [0.717, 1.165) is 0 Å². The van der Waals surface area contributed by atoms with E-state index in [1.54, 1.807) is 97.1 Å². The van der Waals surface area contributed by atoms with Crippen LogP contribution in [0.5, 0.6) is 0 Å². The molecule has 4 rings (SSSR count). The molecule has 2 atom stereocenters. The fourth-order valence-corrected chi connectivity index (χ4v) is 3.80.